The molecule has 2 atom stereocenters. The highest BCUT2D eigenvalue weighted by Gasteiger charge is 2.32. The first-order chi connectivity index (χ1) is 8.54. The van der Waals surface area contributed by atoms with Crippen molar-refractivity contribution in [2.75, 3.05) is 6.61 Å². The van der Waals surface area contributed by atoms with Crippen LogP contribution in [-0.4, -0.2) is 20.5 Å². The van der Waals surface area contributed by atoms with Crippen LogP contribution < -0.4 is 0 Å². The minimum absolute atomic E-state index is 0.369. The Balaban J connectivity index is 2.15. The zero-order chi connectivity index (χ0) is 13.2. The average molecular weight is 268 g/mol. The van der Waals surface area contributed by atoms with Gasteiger partial charge in [-0.3, -0.25) is 0 Å². The molecule has 1 aromatic rings. The van der Waals surface area contributed by atoms with Gasteiger partial charge in [-0.15, -0.1) is 0 Å². The molecule has 0 aliphatic carbocycles. The lowest BCUT2D eigenvalue weighted by Crippen LogP contribution is -2.32. The van der Waals surface area contributed by atoms with Crippen LogP contribution >= 0.6 is 0 Å². The lowest BCUT2D eigenvalue weighted by molar-refractivity contribution is 0.0273. The highest BCUT2D eigenvalue weighted by atomic mass is 32.2. The molecule has 1 aliphatic rings. The van der Waals surface area contributed by atoms with Crippen LogP contribution in [0.3, 0.4) is 0 Å². The van der Waals surface area contributed by atoms with Crippen molar-refractivity contribution in [3.63, 3.8) is 0 Å². The summed E-state index contributed by atoms with van der Waals surface area (Å²) in [7, 11) is -3.33. The molecular weight excluding hydrogens is 248 g/mol. The zero-order valence-electron chi connectivity index (χ0n) is 10.9. The Kier molecular flexibility index (Phi) is 4.07. The molecule has 3 nitrogen and oxygen atoms in total. The molecule has 0 amide bonds. The number of sulfone groups is 1. The first-order valence-corrected chi connectivity index (χ1v) is 8.01. The summed E-state index contributed by atoms with van der Waals surface area (Å²) in [5, 5.41) is 0. The smallest absolute Gasteiger partial charge is 0.205 e. The molecule has 0 aromatic heterocycles. The van der Waals surface area contributed by atoms with Gasteiger partial charge in [0.1, 0.15) is 0 Å². The van der Waals surface area contributed by atoms with Crippen molar-refractivity contribution in [2.45, 2.75) is 43.4 Å². The highest BCUT2D eigenvalue weighted by Crippen LogP contribution is 2.28. The maximum atomic E-state index is 12.4. The molecule has 100 valence electrons. The largest absolute Gasteiger partial charge is 0.362 e. The minimum Gasteiger partial charge on any atom is -0.362 e. The second-order valence-corrected chi connectivity index (χ2v) is 7.06. The Morgan fingerprint density at radius 1 is 1.22 bits per heavy atom. The van der Waals surface area contributed by atoms with Crippen LogP contribution in [0.1, 0.15) is 31.7 Å². The average Bonchev–Trinajstić information content (AvgIpc) is 2.39. The molecule has 2 unspecified atom stereocenters. The maximum absolute atomic E-state index is 12.4. The van der Waals surface area contributed by atoms with Crippen LogP contribution in [0, 0.1) is 12.8 Å². The van der Waals surface area contributed by atoms with Crippen molar-refractivity contribution < 1.29 is 13.2 Å². The molecule has 0 saturated carbocycles. The molecule has 0 bridgehead atoms. The van der Waals surface area contributed by atoms with Crippen LogP contribution in [0.4, 0.5) is 0 Å². The van der Waals surface area contributed by atoms with Gasteiger partial charge in [-0.25, -0.2) is 8.42 Å². The number of aryl methyl sites for hydroxylation is 1. The first-order valence-electron chi connectivity index (χ1n) is 6.46. The standard InChI is InChI=1S/C14H20O3S/c1-3-12-6-9-14(17-10-12)18(15,16)13-7-4-11(2)5-8-13/h4-5,7-8,12,14H,3,6,9-10H2,1-2H3. The molecule has 0 radical (unpaired) electrons. The molecule has 0 N–H and O–H groups in total. The molecule has 0 spiro atoms. The van der Waals surface area contributed by atoms with Gasteiger partial charge in [0.15, 0.2) is 5.44 Å². The predicted molar refractivity (Wildman–Crippen MR) is 71.1 cm³/mol. The maximum Gasteiger partial charge on any atom is 0.205 e. The van der Waals surface area contributed by atoms with E-state index in [9.17, 15) is 8.42 Å². The van der Waals surface area contributed by atoms with Crippen molar-refractivity contribution in [3.05, 3.63) is 29.8 Å². The van der Waals surface area contributed by atoms with E-state index in [-0.39, 0.29) is 0 Å². The van der Waals surface area contributed by atoms with Gasteiger partial charge in [-0.05, 0) is 37.8 Å². The van der Waals surface area contributed by atoms with Gasteiger partial charge in [-0.1, -0.05) is 31.0 Å². The van der Waals surface area contributed by atoms with Gasteiger partial charge in [0.05, 0.1) is 11.5 Å². The van der Waals surface area contributed by atoms with E-state index in [0.717, 1.165) is 18.4 Å². The fourth-order valence-electron chi connectivity index (χ4n) is 2.23. The van der Waals surface area contributed by atoms with Gasteiger partial charge >= 0.3 is 0 Å². The van der Waals surface area contributed by atoms with Crippen LogP contribution in [0.25, 0.3) is 0 Å². The molecule has 1 heterocycles. The number of hydrogen-bond acceptors (Lipinski definition) is 3. The van der Waals surface area contributed by atoms with Crippen LogP contribution in [0.5, 0.6) is 0 Å². The molecule has 1 fully saturated rings. The summed E-state index contributed by atoms with van der Waals surface area (Å²) < 4.78 is 30.3. The summed E-state index contributed by atoms with van der Waals surface area (Å²) in [5.41, 5.74) is 0.396. The topological polar surface area (TPSA) is 43.4 Å². The molecule has 1 aliphatic heterocycles. The lowest BCUT2D eigenvalue weighted by atomic mass is 10.00. The third-order valence-electron chi connectivity index (χ3n) is 3.60. The van der Waals surface area contributed by atoms with Crippen LogP contribution in [0.2, 0.25) is 0 Å². The lowest BCUT2D eigenvalue weighted by Gasteiger charge is -2.28. The van der Waals surface area contributed by atoms with Crippen molar-refractivity contribution in [1.29, 1.82) is 0 Å². The molecule has 2 rings (SSSR count). The normalized spacial score (nSPS) is 25.0. The Morgan fingerprint density at radius 2 is 1.89 bits per heavy atom. The fourth-order valence-corrected chi connectivity index (χ4v) is 3.75. The monoisotopic (exact) mass is 268 g/mol. The van der Waals surface area contributed by atoms with E-state index in [0.29, 0.717) is 23.8 Å². The number of rotatable bonds is 3. The van der Waals surface area contributed by atoms with Crippen molar-refractivity contribution in [2.24, 2.45) is 5.92 Å². The van der Waals surface area contributed by atoms with Gasteiger partial charge in [0.2, 0.25) is 9.84 Å². The fraction of sp³-hybridized carbons (Fsp3) is 0.571. The van der Waals surface area contributed by atoms with E-state index in [1.165, 1.54) is 0 Å². The van der Waals surface area contributed by atoms with Crippen molar-refractivity contribution in [1.82, 2.24) is 0 Å². The van der Waals surface area contributed by atoms with Crippen molar-refractivity contribution >= 4 is 9.84 Å². The zero-order valence-corrected chi connectivity index (χ0v) is 11.7. The third-order valence-corrected chi connectivity index (χ3v) is 5.59. The van der Waals surface area contributed by atoms with E-state index < -0.39 is 15.3 Å². The summed E-state index contributed by atoms with van der Waals surface area (Å²) in [6.45, 7) is 4.62. The Bertz CT molecular complexity index is 482. The SMILES string of the molecule is CCC1CCC(S(=O)(=O)c2ccc(C)cc2)OC1. The number of ether oxygens (including phenoxy) is 1. The summed E-state index contributed by atoms with van der Waals surface area (Å²) in [5.74, 6) is 0.509. The molecule has 18 heavy (non-hydrogen) atoms. The molecule has 4 heteroatoms. The number of benzene rings is 1. The van der Waals surface area contributed by atoms with Gasteiger partial charge in [0, 0.05) is 0 Å². The second-order valence-electron chi connectivity index (χ2n) is 4.97. The van der Waals surface area contributed by atoms with Gasteiger partial charge in [-0.2, -0.15) is 0 Å². The van der Waals surface area contributed by atoms with E-state index >= 15 is 0 Å². The summed E-state index contributed by atoms with van der Waals surface area (Å²) in [6, 6.07) is 6.98. The Labute approximate surface area is 109 Å². The summed E-state index contributed by atoms with van der Waals surface area (Å²) >= 11 is 0. The Hall–Kier alpha value is -0.870. The quantitative estimate of drug-likeness (QED) is 0.846. The van der Waals surface area contributed by atoms with E-state index in [1.54, 1.807) is 12.1 Å². The Morgan fingerprint density at radius 3 is 2.39 bits per heavy atom. The minimum atomic E-state index is -3.33. The summed E-state index contributed by atoms with van der Waals surface area (Å²) in [6.07, 6.45) is 2.60. The van der Waals surface area contributed by atoms with Crippen molar-refractivity contribution in [3.8, 4) is 0 Å². The molecule has 1 aromatic carbocycles. The van der Waals surface area contributed by atoms with E-state index in [2.05, 4.69) is 6.92 Å². The third kappa shape index (κ3) is 2.75. The molecular formula is C14H20O3S. The highest BCUT2D eigenvalue weighted by molar-refractivity contribution is 7.91. The second kappa shape index (κ2) is 5.41. The number of hydrogen-bond donors (Lipinski definition) is 0. The van der Waals surface area contributed by atoms with Gasteiger partial charge in [0.25, 0.3) is 0 Å². The van der Waals surface area contributed by atoms with Crippen LogP contribution in [-0.2, 0) is 14.6 Å². The molecule has 1 saturated heterocycles. The van der Waals surface area contributed by atoms with E-state index in [4.69, 9.17) is 4.74 Å². The van der Waals surface area contributed by atoms with Crippen LogP contribution in [0.15, 0.2) is 29.2 Å². The summed E-state index contributed by atoms with van der Waals surface area (Å²) in [4.78, 5) is 0.369. The first kappa shape index (κ1) is 13.6. The van der Waals surface area contributed by atoms with E-state index in [1.807, 2.05) is 19.1 Å². The predicted octanol–water partition coefficient (Wildman–Crippen LogP) is 2.93. The van der Waals surface area contributed by atoms with Gasteiger partial charge < -0.3 is 4.74 Å².